The molecule has 2 aliphatic heterocycles. The van der Waals surface area contributed by atoms with Gasteiger partial charge in [0.2, 0.25) is 11.8 Å². The highest BCUT2D eigenvalue weighted by Gasteiger charge is 2.47. The van der Waals surface area contributed by atoms with E-state index in [1.165, 1.54) is 32.1 Å². The van der Waals surface area contributed by atoms with Gasteiger partial charge in [-0.05, 0) is 65.2 Å². The maximum Gasteiger partial charge on any atom is 0.234 e. The Labute approximate surface area is 157 Å². The zero-order valence-electron chi connectivity index (χ0n) is 16.5. The molecule has 4 bridgehead atoms. The third-order valence-electron chi connectivity index (χ3n) is 6.82. The van der Waals surface area contributed by atoms with Gasteiger partial charge < -0.3 is 10.6 Å². The SMILES string of the molecule is CC(C)(C)NC(=O)CN1C[C@@H]2C[C@H]1CN2CC(=O)NC12CCC(CC1)C2. The first-order chi connectivity index (χ1) is 12.2. The van der Waals surface area contributed by atoms with Crippen molar-refractivity contribution < 1.29 is 9.59 Å². The standard InChI is InChI=1S/C20H34N4O2/c1-19(2,3)21-17(25)12-23-10-16-8-15(23)11-24(16)13-18(26)22-20-6-4-14(9-20)5-7-20/h14-16H,4-13H2,1-3H3,(H,21,25)(H,22,26)/t14?,15-,16-,20?/m0/s1. The summed E-state index contributed by atoms with van der Waals surface area (Å²) in [5.41, 5.74) is -0.0591. The van der Waals surface area contributed by atoms with Crippen LogP contribution in [0.15, 0.2) is 0 Å². The molecule has 2 aliphatic carbocycles. The fourth-order valence-electron chi connectivity index (χ4n) is 5.75. The van der Waals surface area contributed by atoms with E-state index < -0.39 is 0 Å². The van der Waals surface area contributed by atoms with Crippen molar-refractivity contribution in [3.63, 3.8) is 0 Å². The second kappa shape index (κ2) is 6.48. The molecule has 0 aromatic carbocycles. The number of hydrogen-bond donors (Lipinski definition) is 2. The van der Waals surface area contributed by atoms with Crippen molar-refractivity contribution >= 4 is 11.8 Å². The molecule has 0 radical (unpaired) electrons. The van der Waals surface area contributed by atoms with Crippen molar-refractivity contribution in [2.45, 2.75) is 82.5 Å². The molecule has 4 aliphatic rings. The van der Waals surface area contributed by atoms with Crippen molar-refractivity contribution in [2.24, 2.45) is 5.92 Å². The van der Waals surface area contributed by atoms with E-state index in [0.717, 1.165) is 25.4 Å². The summed E-state index contributed by atoms with van der Waals surface area (Å²) in [7, 11) is 0. The van der Waals surface area contributed by atoms with E-state index in [4.69, 9.17) is 0 Å². The molecule has 6 nitrogen and oxygen atoms in total. The molecule has 0 spiro atoms. The van der Waals surface area contributed by atoms with Gasteiger partial charge in [-0.25, -0.2) is 0 Å². The van der Waals surface area contributed by atoms with Gasteiger partial charge >= 0.3 is 0 Å². The molecule has 0 aromatic rings. The summed E-state index contributed by atoms with van der Waals surface area (Å²) in [6.45, 7) is 8.85. The van der Waals surface area contributed by atoms with E-state index in [1.807, 2.05) is 20.8 Å². The highest BCUT2D eigenvalue weighted by molar-refractivity contribution is 5.79. The van der Waals surface area contributed by atoms with Gasteiger partial charge in [-0.2, -0.15) is 0 Å². The second-order valence-corrected chi connectivity index (χ2v) is 10.2. The molecule has 0 unspecified atom stereocenters. The molecule has 4 rings (SSSR count). The Morgan fingerprint density at radius 1 is 1.00 bits per heavy atom. The molecule has 4 fully saturated rings. The Hall–Kier alpha value is -1.14. The Morgan fingerprint density at radius 3 is 2.04 bits per heavy atom. The van der Waals surface area contributed by atoms with Crippen LogP contribution in [0.2, 0.25) is 0 Å². The molecular formula is C20H34N4O2. The highest BCUT2D eigenvalue weighted by atomic mass is 16.2. The summed E-state index contributed by atoms with van der Waals surface area (Å²) in [6, 6.07) is 0.838. The first-order valence-corrected chi connectivity index (χ1v) is 10.3. The summed E-state index contributed by atoms with van der Waals surface area (Å²) in [4.78, 5) is 29.4. The molecule has 146 valence electrons. The molecule has 2 heterocycles. The van der Waals surface area contributed by atoms with E-state index in [1.54, 1.807) is 0 Å². The zero-order valence-corrected chi connectivity index (χ0v) is 16.5. The van der Waals surface area contributed by atoms with Crippen LogP contribution >= 0.6 is 0 Å². The van der Waals surface area contributed by atoms with Crippen LogP contribution in [0, 0.1) is 5.92 Å². The van der Waals surface area contributed by atoms with Crippen molar-refractivity contribution in [3.8, 4) is 0 Å². The lowest BCUT2D eigenvalue weighted by atomic mass is 9.94. The van der Waals surface area contributed by atoms with Gasteiger partial charge in [0, 0.05) is 36.3 Å². The lowest BCUT2D eigenvalue weighted by Gasteiger charge is -2.35. The summed E-state index contributed by atoms with van der Waals surface area (Å²) < 4.78 is 0. The minimum absolute atomic E-state index is 0.102. The van der Waals surface area contributed by atoms with Gasteiger partial charge in [0.15, 0.2) is 0 Å². The van der Waals surface area contributed by atoms with Crippen LogP contribution in [0.4, 0.5) is 0 Å². The van der Waals surface area contributed by atoms with Crippen LogP contribution in [0.1, 0.15) is 59.3 Å². The van der Waals surface area contributed by atoms with Crippen molar-refractivity contribution in [1.29, 1.82) is 0 Å². The number of nitrogens with zero attached hydrogens (tertiary/aromatic N) is 2. The summed E-state index contributed by atoms with van der Waals surface area (Å²) >= 11 is 0. The fraction of sp³-hybridized carbons (Fsp3) is 0.900. The fourth-order valence-corrected chi connectivity index (χ4v) is 5.75. The smallest absolute Gasteiger partial charge is 0.234 e. The van der Waals surface area contributed by atoms with Crippen LogP contribution in [0.5, 0.6) is 0 Å². The average Bonchev–Trinajstić information content (AvgIpc) is 3.24. The number of likely N-dealkylation sites (tertiary alicyclic amines) is 2. The van der Waals surface area contributed by atoms with Crippen LogP contribution in [0.25, 0.3) is 0 Å². The number of rotatable bonds is 5. The largest absolute Gasteiger partial charge is 0.350 e. The predicted octanol–water partition coefficient (Wildman–Crippen LogP) is 1.11. The first-order valence-electron chi connectivity index (χ1n) is 10.3. The van der Waals surface area contributed by atoms with Gasteiger partial charge in [0.25, 0.3) is 0 Å². The van der Waals surface area contributed by atoms with E-state index in [0.29, 0.717) is 25.2 Å². The summed E-state index contributed by atoms with van der Waals surface area (Å²) in [6.07, 6.45) is 7.21. The summed E-state index contributed by atoms with van der Waals surface area (Å²) in [5.74, 6) is 1.16. The lowest BCUT2D eigenvalue weighted by Crippen LogP contribution is -2.54. The molecule has 2 N–H and O–H groups in total. The average molecular weight is 363 g/mol. The van der Waals surface area contributed by atoms with Gasteiger partial charge in [-0.1, -0.05) is 0 Å². The topological polar surface area (TPSA) is 64.7 Å². The Morgan fingerprint density at radius 2 is 1.58 bits per heavy atom. The molecule has 6 heteroatoms. The maximum atomic E-state index is 12.6. The molecule has 2 atom stereocenters. The van der Waals surface area contributed by atoms with Crippen LogP contribution in [-0.2, 0) is 9.59 Å². The van der Waals surface area contributed by atoms with Crippen molar-refractivity contribution in [3.05, 3.63) is 0 Å². The molecule has 2 saturated heterocycles. The van der Waals surface area contributed by atoms with Crippen molar-refractivity contribution in [2.75, 3.05) is 26.2 Å². The number of piperazine rings is 1. The number of carbonyl (C=O) groups excluding carboxylic acids is 2. The zero-order chi connectivity index (χ0) is 18.5. The third kappa shape index (κ3) is 3.77. The quantitative estimate of drug-likeness (QED) is 0.769. The second-order valence-electron chi connectivity index (χ2n) is 10.2. The number of nitrogens with one attached hydrogen (secondary N) is 2. The Kier molecular flexibility index (Phi) is 4.55. The van der Waals surface area contributed by atoms with Crippen LogP contribution < -0.4 is 10.6 Å². The number of fused-ring (bicyclic) bond motifs is 4. The minimum Gasteiger partial charge on any atom is -0.350 e. The third-order valence-corrected chi connectivity index (χ3v) is 6.82. The molecule has 2 amide bonds. The van der Waals surface area contributed by atoms with Gasteiger partial charge in [0.05, 0.1) is 13.1 Å². The normalized spacial score (nSPS) is 36.7. The van der Waals surface area contributed by atoms with Gasteiger partial charge in [-0.3, -0.25) is 19.4 Å². The number of hydrogen-bond acceptors (Lipinski definition) is 4. The molecular weight excluding hydrogens is 328 g/mol. The lowest BCUT2D eigenvalue weighted by molar-refractivity contribution is -0.126. The van der Waals surface area contributed by atoms with E-state index >= 15 is 0 Å². The van der Waals surface area contributed by atoms with Gasteiger partial charge in [-0.15, -0.1) is 0 Å². The number of carbonyl (C=O) groups is 2. The van der Waals surface area contributed by atoms with E-state index in [-0.39, 0.29) is 22.9 Å². The van der Waals surface area contributed by atoms with Crippen LogP contribution in [0.3, 0.4) is 0 Å². The first kappa shape index (κ1) is 18.2. The minimum atomic E-state index is -0.182. The Bertz CT molecular complexity index is 577. The maximum absolute atomic E-state index is 12.6. The van der Waals surface area contributed by atoms with Crippen LogP contribution in [-0.4, -0.2) is 71.0 Å². The molecule has 26 heavy (non-hydrogen) atoms. The van der Waals surface area contributed by atoms with E-state index in [2.05, 4.69) is 20.4 Å². The Balaban J connectivity index is 1.24. The number of amides is 2. The summed E-state index contributed by atoms with van der Waals surface area (Å²) in [5, 5.41) is 6.43. The molecule has 0 aromatic heterocycles. The van der Waals surface area contributed by atoms with E-state index in [9.17, 15) is 9.59 Å². The molecule has 2 saturated carbocycles. The predicted molar refractivity (Wildman–Crippen MR) is 101 cm³/mol. The monoisotopic (exact) mass is 362 g/mol. The van der Waals surface area contributed by atoms with Crippen molar-refractivity contribution in [1.82, 2.24) is 20.4 Å². The highest BCUT2D eigenvalue weighted by Crippen LogP contribution is 2.47. The van der Waals surface area contributed by atoms with Gasteiger partial charge in [0.1, 0.15) is 0 Å².